The normalized spacial score (nSPS) is 82.4. The van der Waals surface area contributed by atoms with Crippen LogP contribution >= 0.6 is 0 Å². The maximum absolute atomic E-state index is 9.42. The average Bonchev–Trinajstić information content (AvgIpc) is 3.20. The third kappa shape index (κ3) is 0.601. The fourth-order valence-corrected chi connectivity index (χ4v) is 8.73. The Morgan fingerprint density at radius 2 is 1.05 bits per heavy atom. The van der Waals surface area contributed by atoms with Crippen LogP contribution in [0.1, 0.15) is 44.9 Å². The van der Waals surface area contributed by atoms with E-state index >= 15 is 0 Å². The Kier molecular flexibility index (Phi) is 1.02. The molecule has 7 rings (SSSR count). The molecule has 0 radical (unpaired) electrons. The summed E-state index contributed by atoms with van der Waals surface area (Å²) in [5.41, 5.74) is 4.33. The first kappa shape index (κ1) is 9.78. The number of hydrogen-bond donors (Lipinski definition) is 2. The van der Waals surface area contributed by atoms with Gasteiger partial charge in [-0.1, -0.05) is 0 Å². The fraction of sp³-hybridized carbons (Fsp3) is 1.00. The average molecular weight is 258 g/mol. The highest BCUT2D eigenvalue weighted by atomic mass is 16.3. The summed E-state index contributed by atoms with van der Waals surface area (Å²) in [6.45, 7) is 0.902. The van der Waals surface area contributed by atoms with Gasteiger partial charge in [0.1, 0.15) is 0 Å². The zero-order chi connectivity index (χ0) is 12.5. The summed E-state index contributed by atoms with van der Waals surface area (Å²) in [7, 11) is 0. The minimum atomic E-state index is 0.451. The second kappa shape index (κ2) is 1.98. The Balaban J connectivity index is 1.20. The molecule has 0 bridgehead atoms. The van der Waals surface area contributed by atoms with E-state index in [1.807, 2.05) is 0 Å². The van der Waals surface area contributed by atoms with Crippen LogP contribution in [0.2, 0.25) is 0 Å². The summed E-state index contributed by atoms with van der Waals surface area (Å²) in [4.78, 5) is 0. The summed E-state index contributed by atoms with van der Waals surface area (Å²) in [6, 6.07) is 0. The molecule has 7 fully saturated rings. The predicted octanol–water partition coefficient (Wildman–Crippen LogP) is 1.95. The zero-order valence-corrected chi connectivity index (χ0v) is 11.4. The van der Waals surface area contributed by atoms with Crippen LogP contribution in [-0.4, -0.2) is 23.4 Å². The van der Waals surface area contributed by atoms with Gasteiger partial charge in [-0.25, -0.2) is 0 Å². The molecule has 2 N–H and O–H groups in total. The van der Waals surface area contributed by atoms with Crippen molar-refractivity contribution in [2.45, 2.75) is 44.9 Å². The summed E-state index contributed by atoms with van der Waals surface area (Å²) in [5, 5.41) is 18.8. The van der Waals surface area contributed by atoms with Crippen LogP contribution in [0.15, 0.2) is 0 Å². The van der Waals surface area contributed by atoms with Crippen molar-refractivity contribution in [2.75, 3.05) is 13.2 Å². The lowest BCUT2D eigenvalue weighted by atomic mass is 10.1. The third-order valence-electron chi connectivity index (χ3n) is 9.98. The van der Waals surface area contributed by atoms with Gasteiger partial charge in [0.25, 0.3) is 0 Å². The summed E-state index contributed by atoms with van der Waals surface area (Å²) in [5.74, 6) is 1.36. The van der Waals surface area contributed by atoms with Crippen LogP contribution in [-0.2, 0) is 0 Å². The Bertz CT molecular complexity index is 538. The summed E-state index contributed by atoms with van der Waals surface area (Å²) in [6.07, 6.45) is 10.2. The monoisotopic (exact) mass is 258 g/mol. The first-order valence-electron chi connectivity index (χ1n) is 8.34. The lowest BCUT2D eigenvalue weighted by Crippen LogP contribution is -1.97. The van der Waals surface area contributed by atoms with Crippen LogP contribution < -0.4 is 0 Å². The van der Waals surface area contributed by atoms with E-state index in [9.17, 15) is 10.2 Å². The first-order valence-corrected chi connectivity index (χ1v) is 8.34. The molecule has 6 spiro atoms. The zero-order valence-electron chi connectivity index (χ0n) is 11.4. The summed E-state index contributed by atoms with van der Waals surface area (Å²) >= 11 is 0. The van der Waals surface area contributed by atoms with E-state index in [1.54, 1.807) is 6.42 Å². The van der Waals surface area contributed by atoms with Crippen molar-refractivity contribution < 1.29 is 10.2 Å². The van der Waals surface area contributed by atoms with Gasteiger partial charge < -0.3 is 10.2 Å². The molecular formula is C17H22O2. The van der Waals surface area contributed by atoms with Crippen LogP contribution in [0, 0.1) is 44.3 Å². The highest BCUT2D eigenvalue weighted by Crippen LogP contribution is 3.17. The Hall–Kier alpha value is -0.0800. The molecule has 0 saturated heterocycles. The topological polar surface area (TPSA) is 40.5 Å². The van der Waals surface area contributed by atoms with Crippen LogP contribution in [0.5, 0.6) is 0 Å². The molecule has 7 aliphatic rings. The molecule has 0 amide bonds. The highest BCUT2D eigenvalue weighted by Gasteiger charge is 3.11. The molecule has 0 aromatic rings. The molecule has 0 aromatic heterocycles. The number of aliphatic hydroxyl groups excluding tert-OH is 2. The Morgan fingerprint density at radius 3 is 1.42 bits per heavy atom. The SMILES string of the molecule is OC[C@H]1C[C@@]12C[C@@]21C[C@]12C[C@]21C[C@@]12C[C@@]21C[C@@H]1CO. The number of hydrogen-bond acceptors (Lipinski definition) is 2. The predicted molar refractivity (Wildman–Crippen MR) is 68.1 cm³/mol. The third-order valence-corrected chi connectivity index (χ3v) is 9.98. The van der Waals surface area contributed by atoms with Gasteiger partial charge in [0.15, 0.2) is 0 Å². The first-order chi connectivity index (χ1) is 9.12. The van der Waals surface area contributed by atoms with E-state index in [-0.39, 0.29) is 0 Å². The minimum Gasteiger partial charge on any atom is -0.396 e. The van der Waals surface area contributed by atoms with Crippen molar-refractivity contribution in [3.8, 4) is 0 Å². The molecule has 8 atom stereocenters. The van der Waals surface area contributed by atoms with E-state index in [2.05, 4.69) is 0 Å². The quantitative estimate of drug-likeness (QED) is 0.795. The largest absolute Gasteiger partial charge is 0.396 e. The minimum absolute atomic E-state index is 0.451. The van der Waals surface area contributed by atoms with Crippen molar-refractivity contribution in [1.29, 1.82) is 0 Å². The molecule has 7 aliphatic carbocycles. The fourth-order valence-electron chi connectivity index (χ4n) is 8.73. The van der Waals surface area contributed by atoms with Crippen LogP contribution in [0.4, 0.5) is 0 Å². The molecule has 0 heterocycles. The van der Waals surface area contributed by atoms with Gasteiger partial charge in [0.05, 0.1) is 0 Å². The Labute approximate surface area is 113 Å². The molecule has 0 aromatic carbocycles. The van der Waals surface area contributed by atoms with Gasteiger partial charge in [-0.05, 0) is 89.3 Å². The van der Waals surface area contributed by atoms with Crippen molar-refractivity contribution in [3.05, 3.63) is 0 Å². The lowest BCUT2D eigenvalue weighted by molar-refractivity contribution is 0.261. The van der Waals surface area contributed by atoms with E-state index in [4.69, 9.17) is 0 Å². The maximum Gasteiger partial charge on any atom is 0.0465 e. The van der Waals surface area contributed by atoms with E-state index in [1.165, 1.54) is 38.5 Å². The molecule has 2 heteroatoms. The molecule has 0 unspecified atom stereocenters. The van der Waals surface area contributed by atoms with Gasteiger partial charge in [-0.15, -0.1) is 0 Å². The lowest BCUT2D eigenvalue weighted by Gasteiger charge is -1.97. The molecule has 0 aliphatic heterocycles. The molecule has 2 nitrogen and oxygen atoms in total. The van der Waals surface area contributed by atoms with Crippen molar-refractivity contribution >= 4 is 0 Å². The van der Waals surface area contributed by atoms with Crippen LogP contribution in [0.3, 0.4) is 0 Å². The number of aliphatic hydroxyl groups is 2. The standard InChI is InChI=1S/C17H22O2/c18-3-10-1-12(10)5-14(12)7-16(14)9-17(16)8-15(17)6-13(15)2-11(13)4-19/h10-11,18-19H,1-9H2/t10-,11-,12-,13-,14-,15-,16+,17+/m1/s1. The molecule has 102 valence electrons. The van der Waals surface area contributed by atoms with E-state index in [0.717, 1.165) is 21.7 Å². The van der Waals surface area contributed by atoms with Gasteiger partial charge in [-0.2, -0.15) is 0 Å². The number of rotatable bonds is 2. The van der Waals surface area contributed by atoms with E-state index in [0.29, 0.717) is 35.9 Å². The number of fused-ring (bicyclic) bond motifs is 5. The van der Waals surface area contributed by atoms with Crippen molar-refractivity contribution in [1.82, 2.24) is 0 Å². The highest BCUT2D eigenvalue weighted by molar-refractivity contribution is 5.59. The van der Waals surface area contributed by atoms with Gasteiger partial charge in [-0.3, -0.25) is 0 Å². The van der Waals surface area contributed by atoms with Crippen molar-refractivity contribution in [2.24, 2.45) is 44.3 Å². The van der Waals surface area contributed by atoms with Gasteiger partial charge in [0.2, 0.25) is 0 Å². The van der Waals surface area contributed by atoms with Crippen molar-refractivity contribution in [3.63, 3.8) is 0 Å². The smallest absolute Gasteiger partial charge is 0.0465 e. The molecular weight excluding hydrogens is 236 g/mol. The van der Waals surface area contributed by atoms with Gasteiger partial charge in [0, 0.05) is 13.2 Å². The van der Waals surface area contributed by atoms with Crippen LogP contribution in [0.25, 0.3) is 0 Å². The molecule has 19 heavy (non-hydrogen) atoms. The molecule has 7 saturated carbocycles. The summed E-state index contributed by atoms with van der Waals surface area (Å²) < 4.78 is 0. The van der Waals surface area contributed by atoms with Gasteiger partial charge >= 0.3 is 0 Å². The van der Waals surface area contributed by atoms with E-state index < -0.39 is 0 Å². The Morgan fingerprint density at radius 1 is 0.632 bits per heavy atom. The second-order valence-electron chi connectivity index (χ2n) is 9.69. The second-order valence-corrected chi connectivity index (χ2v) is 9.69. The maximum atomic E-state index is 9.42.